The van der Waals surface area contributed by atoms with Crippen molar-refractivity contribution in [3.63, 3.8) is 0 Å². The van der Waals surface area contributed by atoms with Gasteiger partial charge in [0.05, 0.1) is 6.54 Å². The van der Waals surface area contributed by atoms with E-state index in [1.54, 1.807) is 6.07 Å². The van der Waals surface area contributed by atoms with Crippen molar-refractivity contribution in [3.05, 3.63) is 59.7 Å². The molecule has 166 valence electrons. The zero-order valence-electron chi connectivity index (χ0n) is 17.2. The molecule has 2 atom stereocenters. The first-order valence-electron chi connectivity index (χ1n) is 9.82. The monoisotopic (exact) mass is 434 g/mol. The van der Waals surface area contributed by atoms with Crippen molar-refractivity contribution in [1.82, 2.24) is 10.2 Å². The number of benzene rings is 2. The van der Waals surface area contributed by atoms with Crippen LogP contribution in [0.25, 0.3) is 0 Å². The Labute approximate surface area is 178 Å². The first kappa shape index (κ1) is 22.5. The SMILES string of the molecule is CCc1cccc(OCC(O)CN2C(=O)NC(C)(c3ccc(OC(F)F)cc3)C2=O)c1. The summed E-state index contributed by atoms with van der Waals surface area (Å²) in [6, 6.07) is 12.2. The molecule has 1 fully saturated rings. The predicted molar refractivity (Wildman–Crippen MR) is 108 cm³/mol. The lowest BCUT2D eigenvalue weighted by molar-refractivity contribution is -0.132. The van der Waals surface area contributed by atoms with Crippen molar-refractivity contribution in [2.45, 2.75) is 38.5 Å². The van der Waals surface area contributed by atoms with Crippen LogP contribution in [-0.4, -0.2) is 47.8 Å². The summed E-state index contributed by atoms with van der Waals surface area (Å²) in [5, 5.41) is 12.9. The number of β-amino-alcohol motifs (C(OH)–C–C–N with tert-alkyl or cyclic N) is 1. The van der Waals surface area contributed by atoms with E-state index in [-0.39, 0.29) is 18.9 Å². The van der Waals surface area contributed by atoms with Crippen LogP contribution < -0.4 is 14.8 Å². The zero-order chi connectivity index (χ0) is 22.6. The molecule has 2 N–H and O–H groups in total. The highest BCUT2D eigenvalue weighted by Crippen LogP contribution is 2.30. The molecular weight excluding hydrogens is 410 g/mol. The second kappa shape index (κ2) is 9.30. The number of urea groups is 1. The van der Waals surface area contributed by atoms with Gasteiger partial charge in [-0.05, 0) is 48.7 Å². The van der Waals surface area contributed by atoms with E-state index in [4.69, 9.17) is 4.74 Å². The van der Waals surface area contributed by atoms with E-state index in [0.29, 0.717) is 11.3 Å². The van der Waals surface area contributed by atoms with E-state index in [9.17, 15) is 23.5 Å². The van der Waals surface area contributed by atoms with Crippen molar-refractivity contribution >= 4 is 11.9 Å². The first-order valence-corrected chi connectivity index (χ1v) is 9.82. The van der Waals surface area contributed by atoms with E-state index >= 15 is 0 Å². The van der Waals surface area contributed by atoms with Gasteiger partial charge in [0.1, 0.15) is 29.7 Å². The van der Waals surface area contributed by atoms with Crippen molar-refractivity contribution in [1.29, 1.82) is 0 Å². The fourth-order valence-electron chi connectivity index (χ4n) is 3.34. The van der Waals surface area contributed by atoms with Gasteiger partial charge in [-0.15, -0.1) is 0 Å². The van der Waals surface area contributed by atoms with Gasteiger partial charge in [0, 0.05) is 0 Å². The number of aliphatic hydroxyl groups excluding tert-OH is 1. The average Bonchev–Trinajstić information content (AvgIpc) is 2.96. The molecule has 0 bridgehead atoms. The van der Waals surface area contributed by atoms with Gasteiger partial charge in [0.2, 0.25) is 0 Å². The number of nitrogens with zero attached hydrogens (tertiary/aromatic N) is 1. The van der Waals surface area contributed by atoms with Gasteiger partial charge < -0.3 is 19.9 Å². The summed E-state index contributed by atoms with van der Waals surface area (Å²) in [5.74, 6) is -0.0331. The highest BCUT2D eigenvalue weighted by Gasteiger charge is 2.49. The van der Waals surface area contributed by atoms with Crippen molar-refractivity contribution < 1.29 is 33.0 Å². The second-order valence-electron chi connectivity index (χ2n) is 7.34. The number of aryl methyl sites for hydroxylation is 1. The van der Waals surface area contributed by atoms with E-state index in [1.165, 1.54) is 31.2 Å². The van der Waals surface area contributed by atoms with Crippen LogP contribution in [0.4, 0.5) is 13.6 Å². The van der Waals surface area contributed by atoms with Crippen LogP contribution in [0.2, 0.25) is 0 Å². The number of halogens is 2. The van der Waals surface area contributed by atoms with Crippen LogP contribution in [0.3, 0.4) is 0 Å². The fraction of sp³-hybridized carbons (Fsp3) is 0.364. The summed E-state index contributed by atoms with van der Waals surface area (Å²) in [5.41, 5.74) is 0.0927. The topological polar surface area (TPSA) is 88.1 Å². The number of aliphatic hydroxyl groups is 1. The van der Waals surface area contributed by atoms with E-state index < -0.39 is 30.2 Å². The lowest BCUT2D eigenvalue weighted by Gasteiger charge is -2.23. The molecule has 1 aliphatic rings. The van der Waals surface area contributed by atoms with Crippen molar-refractivity contribution in [2.24, 2.45) is 0 Å². The van der Waals surface area contributed by atoms with Gasteiger partial charge in [-0.1, -0.05) is 31.2 Å². The molecule has 31 heavy (non-hydrogen) atoms. The van der Waals surface area contributed by atoms with Crippen LogP contribution in [-0.2, 0) is 16.8 Å². The van der Waals surface area contributed by atoms with E-state index in [2.05, 4.69) is 10.1 Å². The highest BCUT2D eigenvalue weighted by molar-refractivity contribution is 6.07. The third kappa shape index (κ3) is 5.11. The van der Waals surface area contributed by atoms with Crippen LogP contribution >= 0.6 is 0 Å². The fourth-order valence-corrected chi connectivity index (χ4v) is 3.34. The molecule has 3 amide bonds. The number of imide groups is 1. The summed E-state index contributed by atoms with van der Waals surface area (Å²) in [6.07, 6.45) is -0.250. The summed E-state index contributed by atoms with van der Waals surface area (Å²) < 4.78 is 34.5. The smallest absolute Gasteiger partial charge is 0.387 e. The first-order chi connectivity index (χ1) is 14.7. The lowest BCUT2D eigenvalue weighted by Crippen LogP contribution is -2.42. The second-order valence-corrected chi connectivity index (χ2v) is 7.34. The van der Waals surface area contributed by atoms with Gasteiger partial charge in [-0.2, -0.15) is 8.78 Å². The Kier molecular flexibility index (Phi) is 6.74. The number of nitrogens with one attached hydrogen (secondary N) is 1. The largest absolute Gasteiger partial charge is 0.491 e. The summed E-state index contributed by atoms with van der Waals surface area (Å²) in [7, 11) is 0. The Hall–Kier alpha value is -3.20. The summed E-state index contributed by atoms with van der Waals surface area (Å²) >= 11 is 0. The lowest BCUT2D eigenvalue weighted by atomic mass is 9.92. The molecule has 7 nitrogen and oxygen atoms in total. The van der Waals surface area contributed by atoms with Gasteiger partial charge >= 0.3 is 12.6 Å². The standard InChI is InChI=1S/C22H24F2N2O5/c1-3-14-5-4-6-18(11-14)30-13-16(27)12-26-19(28)22(2,25-21(26)29)15-7-9-17(10-8-15)31-20(23)24/h4-11,16,20,27H,3,12-13H2,1-2H3,(H,25,29). The minimum atomic E-state index is -2.96. The predicted octanol–water partition coefficient (Wildman–Crippen LogP) is 3.06. The molecule has 2 aromatic carbocycles. The Balaban J connectivity index is 1.63. The maximum atomic E-state index is 12.9. The van der Waals surface area contributed by atoms with E-state index in [1.807, 2.05) is 25.1 Å². The number of carbonyl (C=O) groups is 2. The quantitative estimate of drug-likeness (QED) is 0.593. The van der Waals surface area contributed by atoms with Gasteiger partial charge in [-0.25, -0.2) is 4.79 Å². The van der Waals surface area contributed by atoms with Crippen LogP contribution in [0.1, 0.15) is 25.0 Å². The van der Waals surface area contributed by atoms with Gasteiger partial charge in [0.25, 0.3) is 5.91 Å². The molecule has 0 radical (unpaired) electrons. The Morgan fingerprint density at radius 1 is 1.13 bits per heavy atom. The maximum Gasteiger partial charge on any atom is 0.387 e. The minimum absolute atomic E-state index is 0.0595. The van der Waals surface area contributed by atoms with Crippen LogP contribution in [0.15, 0.2) is 48.5 Å². The Morgan fingerprint density at radius 3 is 2.48 bits per heavy atom. The Morgan fingerprint density at radius 2 is 1.84 bits per heavy atom. The van der Waals surface area contributed by atoms with Crippen LogP contribution in [0, 0.1) is 0 Å². The Bertz CT molecular complexity index is 938. The van der Waals surface area contributed by atoms with Crippen LogP contribution in [0.5, 0.6) is 11.5 Å². The third-order valence-electron chi connectivity index (χ3n) is 5.07. The van der Waals surface area contributed by atoms with Crippen molar-refractivity contribution in [2.75, 3.05) is 13.2 Å². The molecule has 0 aliphatic carbocycles. The number of hydrogen-bond acceptors (Lipinski definition) is 5. The van der Waals surface area contributed by atoms with Gasteiger partial charge in [-0.3, -0.25) is 9.69 Å². The molecule has 0 saturated carbocycles. The van der Waals surface area contributed by atoms with Crippen molar-refractivity contribution in [3.8, 4) is 11.5 Å². The molecule has 1 aliphatic heterocycles. The minimum Gasteiger partial charge on any atom is -0.491 e. The number of carbonyl (C=O) groups excluding carboxylic acids is 2. The molecule has 2 unspecified atom stereocenters. The third-order valence-corrected chi connectivity index (χ3v) is 5.07. The molecule has 9 heteroatoms. The normalized spacial score (nSPS) is 19.5. The van der Waals surface area contributed by atoms with Gasteiger partial charge in [0.15, 0.2) is 0 Å². The number of ether oxygens (including phenoxy) is 2. The number of rotatable bonds is 9. The maximum absolute atomic E-state index is 12.9. The summed E-state index contributed by atoms with van der Waals surface area (Å²) in [4.78, 5) is 26.2. The molecule has 0 aromatic heterocycles. The van der Waals surface area contributed by atoms with E-state index in [0.717, 1.165) is 16.9 Å². The number of amides is 3. The number of hydrogen-bond donors (Lipinski definition) is 2. The number of alkyl halides is 2. The summed E-state index contributed by atoms with van der Waals surface area (Å²) in [6.45, 7) is 0.218. The highest BCUT2D eigenvalue weighted by atomic mass is 19.3. The molecule has 0 spiro atoms. The molecular formula is C22H24F2N2O5. The average molecular weight is 434 g/mol. The zero-order valence-corrected chi connectivity index (χ0v) is 17.2. The molecule has 2 aromatic rings. The molecule has 1 saturated heterocycles. The molecule has 3 rings (SSSR count). The molecule has 1 heterocycles.